The molecule has 0 heterocycles. The second-order valence-corrected chi connectivity index (χ2v) is 4.87. The van der Waals surface area contributed by atoms with Crippen molar-refractivity contribution in [2.45, 2.75) is 13.5 Å². The summed E-state index contributed by atoms with van der Waals surface area (Å²) in [6, 6.07) is 9.83. The Morgan fingerprint density at radius 2 is 2.14 bits per heavy atom. The molecule has 0 fully saturated rings. The van der Waals surface area contributed by atoms with E-state index >= 15 is 0 Å². The summed E-state index contributed by atoms with van der Waals surface area (Å²) >= 11 is 6.10. The Balaban J connectivity index is 2.15. The minimum absolute atomic E-state index is 0.0332. The number of hydrogen-bond donors (Lipinski definition) is 2. The highest BCUT2D eigenvalue weighted by Crippen LogP contribution is 2.23. The summed E-state index contributed by atoms with van der Waals surface area (Å²) in [6.45, 7) is 1.79. The smallest absolute Gasteiger partial charge is 0.170 e. The van der Waals surface area contributed by atoms with E-state index < -0.39 is 0 Å². The Kier molecular flexibility index (Phi) is 4.65. The monoisotopic (exact) mass is 308 g/mol. The summed E-state index contributed by atoms with van der Waals surface area (Å²) in [5.41, 5.74) is 7.16. The van der Waals surface area contributed by atoms with Crippen LogP contribution in [0.2, 0.25) is 5.02 Å². The van der Waals surface area contributed by atoms with Crippen LogP contribution in [0, 0.1) is 12.7 Å². The zero-order valence-corrected chi connectivity index (χ0v) is 12.1. The molecule has 2 aromatic carbocycles. The first-order valence-electron chi connectivity index (χ1n) is 6.17. The Labute approximate surface area is 126 Å². The van der Waals surface area contributed by atoms with Gasteiger partial charge in [-0.05, 0) is 24.6 Å². The number of ether oxygens (including phenoxy) is 1. The van der Waals surface area contributed by atoms with Crippen molar-refractivity contribution in [3.63, 3.8) is 0 Å². The Morgan fingerprint density at radius 3 is 2.81 bits per heavy atom. The number of aryl methyl sites for hydroxylation is 1. The van der Waals surface area contributed by atoms with Gasteiger partial charge in [0, 0.05) is 16.1 Å². The highest BCUT2D eigenvalue weighted by atomic mass is 35.5. The van der Waals surface area contributed by atoms with Gasteiger partial charge in [0.2, 0.25) is 0 Å². The van der Waals surface area contributed by atoms with E-state index in [1.54, 1.807) is 43.3 Å². The predicted octanol–water partition coefficient (Wildman–Crippen LogP) is 3.46. The number of benzene rings is 2. The van der Waals surface area contributed by atoms with Gasteiger partial charge in [0.1, 0.15) is 6.61 Å². The van der Waals surface area contributed by atoms with Crippen LogP contribution in [-0.2, 0) is 6.61 Å². The number of oxime groups is 1. The van der Waals surface area contributed by atoms with Gasteiger partial charge in [-0.15, -0.1) is 0 Å². The summed E-state index contributed by atoms with van der Waals surface area (Å²) < 4.78 is 19.2. The van der Waals surface area contributed by atoms with Gasteiger partial charge < -0.3 is 15.7 Å². The molecule has 0 saturated carbocycles. The van der Waals surface area contributed by atoms with E-state index in [2.05, 4.69) is 5.16 Å². The molecule has 2 aromatic rings. The maximum absolute atomic E-state index is 13.8. The molecule has 110 valence electrons. The van der Waals surface area contributed by atoms with E-state index in [4.69, 9.17) is 27.3 Å². The van der Waals surface area contributed by atoms with E-state index in [1.165, 1.54) is 0 Å². The van der Waals surface area contributed by atoms with E-state index in [0.29, 0.717) is 21.7 Å². The molecule has 0 aromatic heterocycles. The summed E-state index contributed by atoms with van der Waals surface area (Å²) in [6.07, 6.45) is 0. The molecule has 0 atom stereocenters. The highest BCUT2D eigenvalue weighted by Gasteiger charge is 2.09. The average molecular weight is 309 g/mol. The lowest BCUT2D eigenvalue weighted by atomic mass is 10.1. The van der Waals surface area contributed by atoms with E-state index in [0.717, 1.165) is 0 Å². The molecule has 0 saturated heterocycles. The van der Waals surface area contributed by atoms with Gasteiger partial charge in [-0.3, -0.25) is 0 Å². The fourth-order valence-electron chi connectivity index (χ4n) is 1.77. The molecule has 4 nitrogen and oxygen atoms in total. The minimum Gasteiger partial charge on any atom is -0.486 e. The second kappa shape index (κ2) is 6.45. The van der Waals surface area contributed by atoms with Crippen LogP contribution < -0.4 is 10.5 Å². The molecule has 0 amide bonds. The van der Waals surface area contributed by atoms with Gasteiger partial charge in [-0.1, -0.05) is 41.0 Å². The Bertz CT molecular complexity index is 689. The summed E-state index contributed by atoms with van der Waals surface area (Å²) in [4.78, 5) is 0. The summed E-state index contributed by atoms with van der Waals surface area (Å²) in [5.74, 6) is -0.248. The average Bonchev–Trinajstić information content (AvgIpc) is 2.49. The van der Waals surface area contributed by atoms with Gasteiger partial charge >= 0.3 is 0 Å². The van der Waals surface area contributed by atoms with Crippen molar-refractivity contribution in [1.29, 1.82) is 0 Å². The largest absolute Gasteiger partial charge is 0.486 e. The molecule has 21 heavy (non-hydrogen) atoms. The molecular weight excluding hydrogens is 295 g/mol. The molecular formula is C15H14ClFN2O2. The lowest BCUT2D eigenvalue weighted by Crippen LogP contribution is -2.13. The van der Waals surface area contributed by atoms with Gasteiger partial charge in [0.15, 0.2) is 17.4 Å². The molecule has 0 bridgehead atoms. The first-order chi connectivity index (χ1) is 10.0. The maximum Gasteiger partial charge on any atom is 0.170 e. The van der Waals surface area contributed by atoms with Crippen LogP contribution in [0.4, 0.5) is 4.39 Å². The third kappa shape index (κ3) is 3.44. The molecule has 0 spiro atoms. The molecule has 0 radical (unpaired) electrons. The Hall–Kier alpha value is -2.27. The quantitative estimate of drug-likeness (QED) is 0.393. The van der Waals surface area contributed by atoms with Crippen LogP contribution in [0.25, 0.3) is 0 Å². The number of rotatable bonds is 4. The van der Waals surface area contributed by atoms with Crippen LogP contribution in [0.5, 0.6) is 5.75 Å². The van der Waals surface area contributed by atoms with Crippen molar-refractivity contribution in [3.8, 4) is 5.75 Å². The van der Waals surface area contributed by atoms with Crippen LogP contribution in [0.15, 0.2) is 41.6 Å². The van der Waals surface area contributed by atoms with Gasteiger partial charge in [0.25, 0.3) is 0 Å². The molecule has 2 rings (SSSR count). The van der Waals surface area contributed by atoms with Crippen molar-refractivity contribution in [2.24, 2.45) is 10.9 Å². The van der Waals surface area contributed by atoms with Crippen molar-refractivity contribution in [1.82, 2.24) is 0 Å². The minimum atomic E-state index is -0.387. The third-order valence-corrected chi connectivity index (χ3v) is 3.35. The van der Waals surface area contributed by atoms with Crippen molar-refractivity contribution >= 4 is 17.4 Å². The lowest BCUT2D eigenvalue weighted by molar-refractivity contribution is 0.289. The number of nitrogens with two attached hydrogens (primary N) is 1. The fraction of sp³-hybridized carbons (Fsp3) is 0.133. The van der Waals surface area contributed by atoms with E-state index in [-0.39, 0.29) is 24.0 Å². The second-order valence-electron chi connectivity index (χ2n) is 4.47. The van der Waals surface area contributed by atoms with Crippen molar-refractivity contribution < 1.29 is 14.3 Å². The fourth-order valence-corrected chi connectivity index (χ4v) is 2.00. The number of hydrogen-bond acceptors (Lipinski definition) is 3. The summed E-state index contributed by atoms with van der Waals surface area (Å²) in [5, 5.41) is 11.9. The topological polar surface area (TPSA) is 67.8 Å². The maximum atomic E-state index is 13.8. The molecule has 3 N–H and O–H groups in total. The van der Waals surface area contributed by atoms with E-state index in [1.807, 2.05) is 0 Å². The van der Waals surface area contributed by atoms with Crippen molar-refractivity contribution in [2.75, 3.05) is 0 Å². The van der Waals surface area contributed by atoms with Crippen molar-refractivity contribution in [3.05, 3.63) is 63.9 Å². The highest BCUT2D eigenvalue weighted by molar-refractivity contribution is 6.31. The summed E-state index contributed by atoms with van der Waals surface area (Å²) in [7, 11) is 0. The first kappa shape index (κ1) is 15.1. The predicted molar refractivity (Wildman–Crippen MR) is 79.4 cm³/mol. The molecule has 6 heteroatoms. The number of halogens is 2. The van der Waals surface area contributed by atoms with Crippen LogP contribution in [0.1, 0.15) is 16.7 Å². The standard InChI is InChI=1S/C15H14ClFN2O2/c1-9-3-2-4-13(14(9)17)21-8-11-6-5-10(7-12(11)16)15(18)19-20/h2-7,20H,8H2,1H3,(H2,18,19). The van der Waals surface area contributed by atoms with Gasteiger partial charge in [-0.25, -0.2) is 4.39 Å². The molecule has 0 aliphatic heterocycles. The number of amidine groups is 1. The first-order valence-corrected chi connectivity index (χ1v) is 6.55. The lowest BCUT2D eigenvalue weighted by Gasteiger charge is -2.10. The molecule has 0 aliphatic carbocycles. The van der Waals surface area contributed by atoms with Crippen LogP contribution in [0.3, 0.4) is 0 Å². The molecule has 0 unspecified atom stereocenters. The van der Waals surface area contributed by atoms with Gasteiger partial charge in [-0.2, -0.15) is 0 Å². The normalized spacial score (nSPS) is 11.5. The zero-order chi connectivity index (χ0) is 15.4. The van der Waals surface area contributed by atoms with Gasteiger partial charge in [0.05, 0.1) is 0 Å². The van der Waals surface area contributed by atoms with Crippen LogP contribution in [-0.4, -0.2) is 11.0 Å². The third-order valence-electron chi connectivity index (χ3n) is 3.00. The molecule has 0 aliphatic rings. The Morgan fingerprint density at radius 1 is 1.38 bits per heavy atom. The zero-order valence-electron chi connectivity index (χ0n) is 11.3. The number of nitrogens with zero attached hydrogens (tertiary/aromatic N) is 1. The SMILES string of the molecule is Cc1cccc(OCc2ccc(/C(N)=N/O)cc2Cl)c1F. The van der Waals surface area contributed by atoms with Crippen LogP contribution >= 0.6 is 11.6 Å². The van der Waals surface area contributed by atoms with E-state index in [9.17, 15) is 4.39 Å².